The van der Waals surface area contributed by atoms with Crippen molar-refractivity contribution in [3.8, 4) is 11.5 Å². The smallest absolute Gasteiger partial charge is 0.414 e. The van der Waals surface area contributed by atoms with Gasteiger partial charge in [-0.15, -0.1) is 0 Å². The molecule has 0 bridgehead atoms. The van der Waals surface area contributed by atoms with Crippen molar-refractivity contribution < 1.29 is 23.8 Å². The van der Waals surface area contributed by atoms with Gasteiger partial charge in [0.05, 0.1) is 27.2 Å². The molecule has 136 valence electrons. The number of ether oxygens (including phenoxy) is 3. The van der Waals surface area contributed by atoms with E-state index in [1.165, 1.54) is 0 Å². The highest BCUT2D eigenvalue weighted by atomic mass is 16.6. The Labute approximate surface area is 151 Å². The molecule has 0 aliphatic carbocycles. The van der Waals surface area contributed by atoms with Crippen LogP contribution >= 0.6 is 0 Å². The number of carbonyl (C=O) groups excluding carboxylic acids is 2. The maximum Gasteiger partial charge on any atom is 0.414 e. The van der Waals surface area contributed by atoms with Gasteiger partial charge in [-0.1, -0.05) is 6.07 Å². The number of nitrogens with zero attached hydrogens (tertiary/aromatic N) is 1. The van der Waals surface area contributed by atoms with Crippen molar-refractivity contribution in [2.45, 2.75) is 6.42 Å². The van der Waals surface area contributed by atoms with Gasteiger partial charge in [-0.05, 0) is 42.0 Å². The van der Waals surface area contributed by atoms with Crippen molar-refractivity contribution in [3.63, 3.8) is 0 Å². The van der Waals surface area contributed by atoms with Crippen LogP contribution in [-0.2, 0) is 16.0 Å². The van der Waals surface area contributed by atoms with Gasteiger partial charge in [0.2, 0.25) is 5.91 Å². The molecule has 3 rings (SSSR count). The fourth-order valence-electron chi connectivity index (χ4n) is 2.73. The third kappa shape index (κ3) is 3.88. The van der Waals surface area contributed by atoms with Crippen LogP contribution in [0.2, 0.25) is 0 Å². The molecule has 7 heteroatoms. The number of cyclic esters (lactones) is 1. The van der Waals surface area contributed by atoms with E-state index in [0.717, 1.165) is 11.3 Å². The zero-order valence-electron chi connectivity index (χ0n) is 14.7. The molecule has 1 N–H and O–H groups in total. The van der Waals surface area contributed by atoms with E-state index in [4.69, 9.17) is 14.2 Å². The molecule has 26 heavy (non-hydrogen) atoms. The second kappa shape index (κ2) is 7.77. The van der Waals surface area contributed by atoms with Crippen LogP contribution in [0.25, 0.3) is 0 Å². The lowest BCUT2D eigenvalue weighted by molar-refractivity contribution is -0.115. The topological polar surface area (TPSA) is 77.1 Å². The van der Waals surface area contributed by atoms with Crippen molar-refractivity contribution in [1.82, 2.24) is 0 Å². The summed E-state index contributed by atoms with van der Waals surface area (Å²) in [5.41, 5.74) is 2.22. The number of hydrogen-bond donors (Lipinski definition) is 1. The lowest BCUT2D eigenvalue weighted by Crippen LogP contribution is -2.23. The Morgan fingerprint density at radius 3 is 2.46 bits per heavy atom. The molecule has 0 aromatic heterocycles. The van der Waals surface area contributed by atoms with Gasteiger partial charge in [0.25, 0.3) is 0 Å². The SMILES string of the molecule is COc1ccc(CC(=O)Nc2ccc(N3CCOC3=O)cc2)cc1OC. The maximum atomic E-state index is 12.3. The Balaban J connectivity index is 1.62. The molecule has 1 aliphatic heterocycles. The molecule has 2 amide bonds. The average Bonchev–Trinajstić information content (AvgIpc) is 3.08. The third-order valence-electron chi connectivity index (χ3n) is 4.04. The van der Waals surface area contributed by atoms with Crippen molar-refractivity contribution >= 4 is 23.4 Å². The van der Waals surface area contributed by atoms with Crippen LogP contribution in [0.3, 0.4) is 0 Å². The first-order chi connectivity index (χ1) is 12.6. The fraction of sp³-hybridized carbons (Fsp3) is 0.263. The van der Waals surface area contributed by atoms with Gasteiger partial charge in [0, 0.05) is 11.4 Å². The molecule has 0 unspecified atom stereocenters. The van der Waals surface area contributed by atoms with Crippen LogP contribution in [0, 0.1) is 0 Å². The first-order valence-corrected chi connectivity index (χ1v) is 8.16. The van der Waals surface area contributed by atoms with Gasteiger partial charge in [0.15, 0.2) is 11.5 Å². The lowest BCUT2D eigenvalue weighted by atomic mass is 10.1. The monoisotopic (exact) mass is 356 g/mol. The Bertz CT molecular complexity index is 804. The molecular weight excluding hydrogens is 336 g/mol. The van der Waals surface area contributed by atoms with E-state index < -0.39 is 0 Å². The van der Waals surface area contributed by atoms with Gasteiger partial charge in [0.1, 0.15) is 6.61 Å². The van der Waals surface area contributed by atoms with Crippen LogP contribution < -0.4 is 19.7 Å². The number of rotatable bonds is 6. The lowest BCUT2D eigenvalue weighted by Gasteiger charge is -2.13. The van der Waals surface area contributed by atoms with Gasteiger partial charge < -0.3 is 19.5 Å². The summed E-state index contributed by atoms with van der Waals surface area (Å²) >= 11 is 0. The fourth-order valence-corrected chi connectivity index (χ4v) is 2.73. The van der Waals surface area contributed by atoms with Crippen molar-refractivity contribution in [1.29, 1.82) is 0 Å². The predicted molar refractivity (Wildman–Crippen MR) is 97.0 cm³/mol. The van der Waals surface area contributed by atoms with E-state index in [0.29, 0.717) is 30.3 Å². The van der Waals surface area contributed by atoms with E-state index in [-0.39, 0.29) is 18.4 Å². The number of anilines is 2. The molecule has 7 nitrogen and oxygen atoms in total. The van der Waals surface area contributed by atoms with Crippen LogP contribution in [0.4, 0.5) is 16.2 Å². The quantitative estimate of drug-likeness (QED) is 0.861. The first kappa shape index (κ1) is 17.6. The van der Waals surface area contributed by atoms with Crippen LogP contribution in [0.1, 0.15) is 5.56 Å². The number of amides is 2. The minimum Gasteiger partial charge on any atom is -0.493 e. The molecule has 0 saturated carbocycles. The zero-order chi connectivity index (χ0) is 18.5. The summed E-state index contributed by atoms with van der Waals surface area (Å²) in [5.74, 6) is 1.05. The van der Waals surface area contributed by atoms with Gasteiger partial charge in [-0.25, -0.2) is 4.79 Å². The molecule has 1 aliphatic rings. The summed E-state index contributed by atoms with van der Waals surface area (Å²) < 4.78 is 15.4. The van der Waals surface area contributed by atoms with E-state index in [2.05, 4.69) is 5.32 Å². The Hall–Kier alpha value is -3.22. The minimum absolute atomic E-state index is 0.148. The molecule has 2 aromatic rings. The zero-order valence-corrected chi connectivity index (χ0v) is 14.7. The van der Waals surface area contributed by atoms with E-state index >= 15 is 0 Å². The Morgan fingerprint density at radius 2 is 1.85 bits per heavy atom. The highest BCUT2D eigenvalue weighted by Gasteiger charge is 2.23. The Morgan fingerprint density at radius 1 is 1.12 bits per heavy atom. The summed E-state index contributed by atoms with van der Waals surface area (Å²) in [5, 5.41) is 2.84. The molecule has 1 heterocycles. The van der Waals surface area contributed by atoms with E-state index in [9.17, 15) is 9.59 Å². The number of carbonyl (C=O) groups is 2. The number of hydrogen-bond acceptors (Lipinski definition) is 5. The van der Waals surface area contributed by atoms with Gasteiger partial charge in [-0.3, -0.25) is 9.69 Å². The number of nitrogens with one attached hydrogen (secondary N) is 1. The molecule has 2 aromatic carbocycles. The minimum atomic E-state index is -0.352. The largest absolute Gasteiger partial charge is 0.493 e. The van der Waals surface area contributed by atoms with Gasteiger partial charge >= 0.3 is 6.09 Å². The van der Waals surface area contributed by atoms with E-state index in [1.807, 2.05) is 6.07 Å². The van der Waals surface area contributed by atoms with Crippen LogP contribution in [-0.4, -0.2) is 39.4 Å². The predicted octanol–water partition coefficient (Wildman–Crippen LogP) is 2.84. The molecule has 0 radical (unpaired) electrons. The normalized spacial score (nSPS) is 13.3. The summed E-state index contributed by atoms with van der Waals surface area (Å²) in [6, 6.07) is 12.4. The molecule has 0 spiro atoms. The van der Waals surface area contributed by atoms with Crippen molar-refractivity contribution in [2.75, 3.05) is 37.6 Å². The van der Waals surface area contributed by atoms with Crippen LogP contribution in [0.15, 0.2) is 42.5 Å². The number of benzene rings is 2. The summed E-state index contributed by atoms with van der Waals surface area (Å²) in [6.45, 7) is 0.923. The maximum absolute atomic E-state index is 12.3. The number of methoxy groups -OCH3 is 2. The molecule has 1 fully saturated rings. The summed E-state index contributed by atoms with van der Waals surface area (Å²) in [4.78, 5) is 25.4. The standard InChI is InChI=1S/C19H20N2O5/c1-24-16-8-3-13(11-17(16)25-2)12-18(22)20-14-4-6-15(7-5-14)21-9-10-26-19(21)23/h3-8,11H,9-10,12H2,1-2H3,(H,20,22). The highest BCUT2D eigenvalue weighted by Crippen LogP contribution is 2.28. The average molecular weight is 356 g/mol. The summed E-state index contributed by atoms with van der Waals surface area (Å²) in [6.07, 6.45) is -0.143. The second-order valence-corrected chi connectivity index (χ2v) is 5.73. The third-order valence-corrected chi connectivity index (χ3v) is 4.04. The molecule has 1 saturated heterocycles. The van der Waals surface area contributed by atoms with Crippen LogP contribution in [0.5, 0.6) is 11.5 Å². The second-order valence-electron chi connectivity index (χ2n) is 5.73. The summed E-state index contributed by atoms with van der Waals surface area (Å²) in [7, 11) is 3.12. The molecule has 0 atom stereocenters. The highest BCUT2D eigenvalue weighted by molar-refractivity contribution is 5.93. The van der Waals surface area contributed by atoms with Crippen molar-refractivity contribution in [3.05, 3.63) is 48.0 Å². The first-order valence-electron chi connectivity index (χ1n) is 8.16. The molecular formula is C19H20N2O5. The van der Waals surface area contributed by atoms with Crippen molar-refractivity contribution in [2.24, 2.45) is 0 Å². The Kier molecular flexibility index (Phi) is 5.26. The van der Waals surface area contributed by atoms with Gasteiger partial charge in [-0.2, -0.15) is 0 Å². The van der Waals surface area contributed by atoms with E-state index in [1.54, 1.807) is 55.5 Å².